The van der Waals surface area contributed by atoms with Crippen LogP contribution in [-0.4, -0.2) is 70.8 Å². The highest BCUT2D eigenvalue weighted by atomic mass is 16.7. The normalized spacial score (nSPS) is 22.6. The lowest BCUT2D eigenvalue weighted by molar-refractivity contribution is -0.276. The number of aliphatic hydroxyl groups is 1. The maximum Gasteiger partial charge on any atom is 0.303 e. The summed E-state index contributed by atoms with van der Waals surface area (Å²) < 4.78 is 13.6. The van der Waals surface area contributed by atoms with Crippen LogP contribution in [0.2, 0.25) is 0 Å². The third-order valence-corrected chi connectivity index (χ3v) is 11.1. The summed E-state index contributed by atoms with van der Waals surface area (Å²) >= 11 is 0. The minimum absolute atomic E-state index is 0.0123. The minimum Gasteiger partial charge on any atom is -0.481 e. The molecule has 3 fully saturated rings. The predicted octanol–water partition coefficient (Wildman–Crippen LogP) is 5.55. The molecule has 4 atom stereocenters. The van der Waals surface area contributed by atoms with Crippen molar-refractivity contribution >= 4 is 23.5 Å². The van der Waals surface area contributed by atoms with E-state index in [0.29, 0.717) is 32.6 Å². The summed E-state index contributed by atoms with van der Waals surface area (Å²) in [5, 5.41) is 24.5. The van der Waals surface area contributed by atoms with E-state index in [0.717, 1.165) is 52.2 Å². The predicted molar refractivity (Wildman–Crippen MR) is 204 cm³/mol. The monoisotopic (exact) mass is 732 g/mol. The second kappa shape index (κ2) is 16.5. The summed E-state index contributed by atoms with van der Waals surface area (Å²) in [6.07, 6.45) is 0.0947. The van der Waals surface area contributed by atoms with Crippen molar-refractivity contribution in [1.82, 2.24) is 15.5 Å². The number of aliphatic hydroxyl groups excluding tert-OH is 1. The summed E-state index contributed by atoms with van der Waals surface area (Å²) in [5.41, 5.74) is 6.06. The van der Waals surface area contributed by atoms with Crippen molar-refractivity contribution in [3.8, 4) is 11.1 Å². The maximum absolute atomic E-state index is 13.3. The van der Waals surface area contributed by atoms with Gasteiger partial charge in [-0.05, 0) is 64.9 Å². The molecule has 4 aromatic rings. The van der Waals surface area contributed by atoms with E-state index >= 15 is 0 Å². The highest BCUT2D eigenvalue weighted by molar-refractivity contribution is 5.93. The van der Waals surface area contributed by atoms with E-state index in [-0.39, 0.29) is 49.4 Å². The average Bonchev–Trinajstić information content (AvgIpc) is 3.52. The number of nitrogens with zero attached hydrogens (tertiary/aromatic N) is 2. The Kier molecular flexibility index (Phi) is 11.4. The fourth-order valence-electron chi connectivity index (χ4n) is 7.96. The number of ether oxygens (including phenoxy) is 2. The Morgan fingerprint density at radius 3 is 2.30 bits per heavy atom. The van der Waals surface area contributed by atoms with Gasteiger partial charge in [0.1, 0.15) is 5.54 Å². The summed E-state index contributed by atoms with van der Waals surface area (Å²) in [4.78, 5) is 40.9. The molecule has 4 unspecified atom stereocenters. The first-order chi connectivity index (χ1) is 26.2. The van der Waals surface area contributed by atoms with Gasteiger partial charge in [0.05, 0.1) is 31.9 Å². The standard InChI is InChI=1S/C43H48N4O7/c1-29-37(26-46-21-19-43(20-22-46)42(52)45-28-47(43)36-11-3-2-4-12-36)53-41(54-40(29)32-15-13-30(27-48)14-16-32)35-10-6-9-34(24-35)33-8-5-7-31(23-33)25-44-38(49)17-18-39(50)51/h2-16,23-24,29,37,40-41,48H,17-22,25-28H2,1H3,(H,44,49)(H,45,52)(H,50,51). The highest BCUT2D eigenvalue weighted by Crippen LogP contribution is 2.43. The molecule has 4 N–H and O–H groups in total. The smallest absolute Gasteiger partial charge is 0.303 e. The lowest BCUT2D eigenvalue weighted by Crippen LogP contribution is -2.57. The van der Waals surface area contributed by atoms with Crippen molar-refractivity contribution in [2.45, 2.75) is 69.8 Å². The quantitative estimate of drug-likeness (QED) is 0.148. The molecule has 1 spiro atoms. The number of carbonyl (C=O) groups excluding carboxylic acids is 2. The number of hydrogen-bond donors (Lipinski definition) is 4. The number of likely N-dealkylation sites (tertiary alicyclic amines) is 1. The molecule has 11 nitrogen and oxygen atoms in total. The molecule has 54 heavy (non-hydrogen) atoms. The van der Waals surface area contributed by atoms with Crippen molar-refractivity contribution in [2.24, 2.45) is 5.92 Å². The summed E-state index contributed by atoms with van der Waals surface area (Å²) in [6, 6.07) is 34.1. The van der Waals surface area contributed by atoms with E-state index in [2.05, 4.69) is 45.6 Å². The van der Waals surface area contributed by atoms with Gasteiger partial charge in [0.2, 0.25) is 11.8 Å². The molecule has 11 heteroatoms. The van der Waals surface area contributed by atoms with E-state index in [1.807, 2.05) is 84.9 Å². The van der Waals surface area contributed by atoms with Gasteiger partial charge in [-0.15, -0.1) is 0 Å². The van der Waals surface area contributed by atoms with Gasteiger partial charge in [0, 0.05) is 49.8 Å². The van der Waals surface area contributed by atoms with Crippen molar-refractivity contribution in [1.29, 1.82) is 0 Å². The maximum atomic E-state index is 13.3. The first kappa shape index (κ1) is 37.3. The molecule has 4 aromatic carbocycles. The van der Waals surface area contributed by atoms with Crippen LogP contribution in [0.3, 0.4) is 0 Å². The molecule has 3 heterocycles. The molecule has 7 rings (SSSR count). The van der Waals surface area contributed by atoms with E-state index in [4.69, 9.17) is 14.6 Å². The molecule has 0 saturated carbocycles. The van der Waals surface area contributed by atoms with Gasteiger partial charge in [-0.1, -0.05) is 85.8 Å². The molecular formula is C43H48N4O7. The third-order valence-electron chi connectivity index (χ3n) is 11.1. The molecule has 2 amide bonds. The lowest BCUT2D eigenvalue weighted by atomic mass is 9.84. The van der Waals surface area contributed by atoms with Crippen molar-refractivity contribution in [2.75, 3.05) is 31.2 Å². The Morgan fingerprint density at radius 1 is 0.852 bits per heavy atom. The SMILES string of the molecule is CC1C(CN2CCC3(CC2)C(=O)NCN3c2ccccc2)OC(c2cccc(-c3cccc(CNC(=O)CCC(=O)O)c3)c2)OC1c1ccc(CO)cc1. The second-order valence-electron chi connectivity index (χ2n) is 14.6. The zero-order valence-corrected chi connectivity index (χ0v) is 30.5. The zero-order valence-electron chi connectivity index (χ0n) is 30.5. The van der Waals surface area contributed by atoms with E-state index in [9.17, 15) is 19.5 Å². The lowest BCUT2D eigenvalue weighted by Gasteiger charge is -2.46. The number of anilines is 1. The van der Waals surface area contributed by atoms with Crippen LogP contribution in [0.1, 0.15) is 67.3 Å². The van der Waals surface area contributed by atoms with Crippen molar-refractivity contribution in [3.63, 3.8) is 0 Å². The number of hydrogen-bond acceptors (Lipinski definition) is 8. The number of benzene rings is 4. The van der Waals surface area contributed by atoms with Gasteiger partial charge < -0.3 is 40.1 Å². The van der Waals surface area contributed by atoms with Gasteiger partial charge >= 0.3 is 5.97 Å². The number of amides is 2. The summed E-state index contributed by atoms with van der Waals surface area (Å²) in [7, 11) is 0. The molecule has 0 radical (unpaired) electrons. The summed E-state index contributed by atoms with van der Waals surface area (Å²) in [5.74, 6) is -1.19. The Morgan fingerprint density at radius 2 is 1.57 bits per heavy atom. The molecule has 0 bridgehead atoms. The Bertz CT molecular complexity index is 1930. The number of rotatable bonds is 12. The van der Waals surface area contributed by atoms with Crippen molar-refractivity contribution in [3.05, 3.63) is 125 Å². The first-order valence-corrected chi connectivity index (χ1v) is 18.7. The van der Waals surface area contributed by atoms with Gasteiger partial charge in [-0.25, -0.2) is 0 Å². The van der Waals surface area contributed by atoms with E-state index < -0.39 is 17.8 Å². The van der Waals surface area contributed by atoms with Crippen molar-refractivity contribution < 1.29 is 34.1 Å². The van der Waals surface area contributed by atoms with Crippen LogP contribution in [0.15, 0.2) is 103 Å². The van der Waals surface area contributed by atoms with Crippen LogP contribution in [0.5, 0.6) is 0 Å². The fourth-order valence-corrected chi connectivity index (χ4v) is 7.96. The van der Waals surface area contributed by atoms with Gasteiger partial charge in [0.25, 0.3) is 0 Å². The van der Waals surface area contributed by atoms with E-state index in [1.165, 1.54) is 0 Å². The first-order valence-electron chi connectivity index (χ1n) is 18.7. The molecule has 0 aliphatic carbocycles. The van der Waals surface area contributed by atoms with Crippen LogP contribution in [0.4, 0.5) is 5.69 Å². The van der Waals surface area contributed by atoms with Crippen LogP contribution < -0.4 is 15.5 Å². The zero-order chi connectivity index (χ0) is 37.7. The second-order valence-corrected chi connectivity index (χ2v) is 14.6. The number of carbonyl (C=O) groups is 3. The Balaban J connectivity index is 1.08. The molecule has 282 valence electrons. The Hall–Kier alpha value is -5.07. The third kappa shape index (κ3) is 8.19. The molecule has 3 aliphatic rings. The number of carboxylic acids is 1. The van der Waals surface area contributed by atoms with Crippen LogP contribution in [0.25, 0.3) is 11.1 Å². The fraction of sp³-hybridized carbons (Fsp3) is 0.372. The highest BCUT2D eigenvalue weighted by Gasteiger charge is 2.51. The molecule has 3 saturated heterocycles. The van der Waals surface area contributed by atoms with Crippen LogP contribution in [0, 0.1) is 5.92 Å². The number of para-hydroxylation sites is 1. The largest absolute Gasteiger partial charge is 0.481 e. The Labute approximate surface area is 315 Å². The average molecular weight is 733 g/mol. The topological polar surface area (TPSA) is 141 Å². The van der Waals surface area contributed by atoms with Gasteiger partial charge in [-0.2, -0.15) is 0 Å². The summed E-state index contributed by atoms with van der Waals surface area (Å²) in [6.45, 7) is 5.15. The molecular weight excluding hydrogens is 684 g/mol. The van der Waals surface area contributed by atoms with Crippen LogP contribution >= 0.6 is 0 Å². The molecule has 3 aliphatic heterocycles. The number of piperidine rings is 1. The van der Waals surface area contributed by atoms with Gasteiger partial charge in [-0.3, -0.25) is 14.4 Å². The molecule has 0 aromatic heterocycles. The number of nitrogens with one attached hydrogen (secondary N) is 2. The number of carboxylic acid groups (broad SMARTS) is 1. The van der Waals surface area contributed by atoms with Gasteiger partial charge in [0.15, 0.2) is 6.29 Å². The van der Waals surface area contributed by atoms with E-state index in [1.54, 1.807) is 0 Å². The minimum atomic E-state index is -1.00. The number of aliphatic carboxylic acids is 1. The van der Waals surface area contributed by atoms with Crippen LogP contribution in [-0.2, 0) is 37.0 Å².